The van der Waals surface area contributed by atoms with E-state index in [0.29, 0.717) is 17.8 Å². The number of nitrogens with zero attached hydrogens (tertiary/aromatic N) is 2. The highest BCUT2D eigenvalue weighted by molar-refractivity contribution is 6.09. The quantitative estimate of drug-likeness (QED) is 0.769. The van der Waals surface area contributed by atoms with Crippen molar-refractivity contribution in [1.29, 1.82) is 0 Å². The molecule has 3 N–H and O–H groups in total. The summed E-state index contributed by atoms with van der Waals surface area (Å²) in [5.41, 5.74) is 4.10. The van der Waals surface area contributed by atoms with Gasteiger partial charge in [-0.25, -0.2) is 4.79 Å². The molecule has 2 aromatic rings. The topological polar surface area (TPSA) is 107 Å². The van der Waals surface area contributed by atoms with Gasteiger partial charge < -0.3 is 5.32 Å². The predicted octanol–water partition coefficient (Wildman–Crippen LogP) is 1.27. The number of aromatic nitrogens is 2. The highest BCUT2D eigenvalue weighted by Gasteiger charge is 2.27. The molecule has 1 aliphatic carbocycles. The van der Waals surface area contributed by atoms with E-state index >= 15 is 0 Å². The lowest BCUT2D eigenvalue weighted by Crippen LogP contribution is -2.50. The van der Waals surface area contributed by atoms with E-state index in [1.807, 2.05) is 0 Å². The lowest BCUT2D eigenvalue weighted by atomic mass is 10.1. The van der Waals surface area contributed by atoms with E-state index in [0.717, 1.165) is 30.7 Å². The third-order valence-corrected chi connectivity index (χ3v) is 4.80. The van der Waals surface area contributed by atoms with Crippen LogP contribution >= 0.6 is 0 Å². The number of carbonyl (C=O) groups excluding carboxylic acids is 3. The number of fused-ring (bicyclic) bond motifs is 1. The molecule has 1 aliphatic heterocycles. The van der Waals surface area contributed by atoms with Gasteiger partial charge >= 0.3 is 6.03 Å². The van der Waals surface area contributed by atoms with Gasteiger partial charge in [0.15, 0.2) is 0 Å². The molecule has 8 heteroatoms. The molecule has 0 unspecified atom stereocenters. The molecule has 0 bridgehead atoms. The van der Waals surface area contributed by atoms with Crippen molar-refractivity contribution in [3.63, 3.8) is 0 Å². The number of carbonyl (C=O) groups is 3. The van der Waals surface area contributed by atoms with Crippen LogP contribution in [0, 0.1) is 0 Å². The van der Waals surface area contributed by atoms with Gasteiger partial charge in [-0.1, -0.05) is 12.1 Å². The summed E-state index contributed by atoms with van der Waals surface area (Å²) in [4.78, 5) is 37.6. The van der Waals surface area contributed by atoms with E-state index in [1.54, 1.807) is 24.3 Å². The molecule has 0 saturated carbocycles. The second kappa shape index (κ2) is 6.62. The first-order valence-corrected chi connectivity index (χ1v) is 8.67. The maximum atomic E-state index is 12.7. The third-order valence-electron chi connectivity index (χ3n) is 4.80. The first kappa shape index (κ1) is 16.3. The predicted molar refractivity (Wildman–Crippen MR) is 93.7 cm³/mol. The Kier molecular flexibility index (Phi) is 4.16. The first-order valence-electron chi connectivity index (χ1n) is 8.67. The lowest BCUT2D eigenvalue weighted by molar-refractivity contribution is -0.120. The summed E-state index contributed by atoms with van der Waals surface area (Å²) in [6.45, 7) is 0.589. The molecular weight excluding hydrogens is 334 g/mol. The normalized spacial score (nSPS) is 16.4. The molecule has 0 spiro atoms. The van der Waals surface area contributed by atoms with Crippen molar-refractivity contribution in [1.82, 2.24) is 20.8 Å². The second-order valence-corrected chi connectivity index (χ2v) is 6.44. The average molecular weight is 353 g/mol. The Morgan fingerprint density at radius 3 is 2.88 bits per heavy atom. The smallest absolute Gasteiger partial charge is 0.328 e. The van der Waals surface area contributed by atoms with Crippen molar-refractivity contribution in [2.24, 2.45) is 0 Å². The Morgan fingerprint density at radius 2 is 2.04 bits per heavy atom. The van der Waals surface area contributed by atoms with Gasteiger partial charge in [0.1, 0.15) is 0 Å². The molecule has 134 valence electrons. The summed E-state index contributed by atoms with van der Waals surface area (Å²) in [5, 5.41) is 12.5. The number of benzene rings is 1. The number of nitrogens with one attached hydrogen (secondary N) is 3. The van der Waals surface area contributed by atoms with Gasteiger partial charge in [0.2, 0.25) is 5.91 Å². The Hall–Kier alpha value is -3.16. The SMILES string of the molecule is O=C1CCN(c2ccccc2C(=O)NCc2n[nH]c3c2CCC3)C(=O)N1. The van der Waals surface area contributed by atoms with Gasteiger partial charge in [-0.2, -0.15) is 5.10 Å². The van der Waals surface area contributed by atoms with Crippen LogP contribution in [0.2, 0.25) is 0 Å². The van der Waals surface area contributed by atoms with Crippen molar-refractivity contribution in [3.8, 4) is 0 Å². The number of aryl methyl sites for hydroxylation is 1. The third kappa shape index (κ3) is 2.94. The van der Waals surface area contributed by atoms with E-state index in [-0.39, 0.29) is 24.8 Å². The van der Waals surface area contributed by atoms with Gasteiger partial charge in [-0.3, -0.25) is 24.9 Å². The van der Waals surface area contributed by atoms with E-state index in [9.17, 15) is 14.4 Å². The van der Waals surface area contributed by atoms with E-state index in [4.69, 9.17) is 0 Å². The largest absolute Gasteiger partial charge is 0.346 e. The van der Waals surface area contributed by atoms with Crippen LogP contribution in [0.5, 0.6) is 0 Å². The van der Waals surface area contributed by atoms with Gasteiger partial charge in [-0.15, -0.1) is 0 Å². The zero-order chi connectivity index (χ0) is 18.1. The Balaban J connectivity index is 1.51. The summed E-state index contributed by atoms with van der Waals surface area (Å²) in [6, 6.07) is 6.38. The molecule has 0 atom stereocenters. The molecule has 2 heterocycles. The number of para-hydroxylation sites is 1. The van der Waals surface area contributed by atoms with Gasteiger partial charge in [0, 0.05) is 18.7 Å². The van der Waals surface area contributed by atoms with Crippen molar-refractivity contribution < 1.29 is 14.4 Å². The fourth-order valence-electron chi connectivity index (χ4n) is 3.49. The van der Waals surface area contributed by atoms with Crippen LogP contribution in [-0.2, 0) is 24.2 Å². The molecule has 1 fully saturated rings. The monoisotopic (exact) mass is 353 g/mol. The second-order valence-electron chi connectivity index (χ2n) is 6.44. The molecule has 1 aromatic heterocycles. The van der Waals surface area contributed by atoms with Gasteiger partial charge in [0.05, 0.1) is 23.5 Å². The molecule has 26 heavy (non-hydrogen) atoms. The Morgan fingerprint density at radius 1 is 1.19 bits per heavy atom. The van der Waals surface area contributed by atoms with Crippen molar-refractivity contribution in [3.05, 3.63) is 46.8 Å². The molecule has 2 aliphatic rings. The molecule has 1 saturated heterocycles. The van der Waals surface area contributed by atoms with Crippen LogP contribution in [0.3, 0.4) is 0 Å². The van der Waals surface area contributed by atoms with E-state index in [2.05, 4.69) is 20.8 Å². The summed E-state index contributed by atoms with van der Waals surface area (Å²) < 4.78 is 0. The number of rotatable bonds is 4. The van der Waals surface area contributed by atoms with Crippen LogP contribution in [0.4, 0.5) is 10.5 Å². The summed E-state index contributed by atoms with van der Waals surface area (Å²) in [6.07, 6.45) is 3.30. The number of anilines is 1. The minimum absolute atomic E-state index is 0.209. The summed E-state index contributed by atoms with van der Waals surface area (Å²) in [7, 11) is 0. The van der Waals surface area contributed by atoms with Crippen LogP contribution < -0.4 is 15.5 Å². The van der Waals surface area contributed by atoms with Gasteiger partial charge in [-0.05, 0) is 37.0 Å². The molecule has 8 nitrogen and oxygen atoms in total. The fraction of sp³-hybridized carbons (Fsp3) is 0.333. The Labute approximate surface area is 150 Å². The van der Waals surface area contributed by atoms with Crippen LogP contribution in [0.25, 0.3) is 0 Å². The van der Waals surface area contributed by atoms with Crippen molar-refractivity contribution >= 4 is 23.5 Å². The lowest BCUT2D eigenvalue weighted by Gasteiger charge is -2.28. The first-order chi connectivity index (χ1) is 12.6. The molecule has 1 aromatic carbocycles. The molecule has 0 radical (unpaired) electrons. The zero-order valence-electron chi connectivity index (χ0n) is 14.2. The van der Waals surface area contributed by atoms with Crippen LogP contribution in [0.1, 0.15) is 40.2 Å². The standard InChI is InChI=1S/C18H19N5O3/c24-16-8-9-23(18(26)20-16)15-7-2-1-4-12(15)17(25)19-10-14-11-5-3-6-13(11)21-22-14/h1-2,4,7H,3,5-6,8-10H2,(H,19,25)(H,21,22)(H,20,24,26). The highest BCUT2D eigenvalue weighted by Crippen LogP contribution is 2.24. The zero-order valence-corrected chi connectivity index (χ0v) is 14.2. The number of aromatic amines is 1. The number of hydrogen-bond acceptors (Lipinski definition) is 4. The number of hydrogen-bond donors (Lipinski definition) is 3. The molecular formula is C18H19N5O3. The van der Waals surface area contributed by atoms with E-state index in [1.165, 1.54) is 10.5 Å². The highest BCUT2D eigenvalue weighted by atomic mass is 16.2. The van der Waals surface area contributed by atoms with E-state index < -0.39 is 6.03 Å². The van der Waals surface area contributed by atoms with Crippen molar-refractivity contribution in [2.75, 3.05) is 11.4 Å². The number of imide groups is 1. The fourth-order valence-corrected chi connectivity index (χ4v) is 3.49. The summed E-state index contributed by atoms with van der Waals surface area (Å²) >= 11 is 0. The van der Waals surface area contributed by atoms with Gasteiger partial charge in [0.25, 0.3) is 5.91 Å². The molecule has 4 rings (SSSR count). The molecule has 4 amide bonds. The maximum Gasteiger partial charge on any atom is 0.328 e. The minimum Gasteiger partial charge on any atom is -0.346 e. The van der Waals surface area contributed by atoms with Crippen LogP contribution in [0.15, 0.2) is 24.3 Å². The maximum absolute atomic E-state index is 12.7. The van der Waals surface area contributed by atoms with Crippen molar-refractivity contribution in [2.45, 2.75) is 32.2 Å². The number of amides is 4. The number of H-pyrrole nitrogens is 1. The summed E-state index contributed by atoms with van der Waals surface area (Å²) in [5.74, 6) is -0.583. The Bertz CT molecular complexity index is 889. The van der Waals surface area contributed by atoms with Crippen LogP contribution in [-0.4, -0.2) is 34.6 Å². The number of urea groups is 1. The minimum atomic E-state index is -0.508. The average Bonchev–Trinajstić information content (AvgIpc) is 3.24.